The summed E-state index contributed by atoms with van der Waals surface area (Å²) in [4.78, 5) is 13.6. The van der Waals surface area contributed by atoms with Gasteiger partial charge in [0.15, 0.2) is 0 Å². The minimum Gasteiger partial charge on any atom is -0.330 e. The molecule has 0 saturated carbocycles. The van der Waals surface area contributed by atoms with Crippen molar-refractivity contribution in [2.45, 2.75) is 13.3 Å². The molecule has 1 aromatic carbocycles. The quantitative estimate of drug-likeness (QED) is 0.820. The number of benzene rings is 1. The van der Waals surface area contributed by atoms with Crippen LogP contribution in [0.1, 0.15) is 12.5 Å². The number of carbonyl (C=O) groups excluding carboxylic acids is 1. The molecule has 4 heteroatoms. The number of carbonyl (C=O) groups is 1. The molecule has 0 bridgehead atoms. The van der Waals surface area contributed by atoms with Crippen LogP contribution in [0.2, 0.25) is 0 Å². The van der Waals surface area contributed by atoms with E-state index < -0.39 is 0 Å². The predicted octanol–water partition coefficient (Wildman–Crippen LogP) is 1.31. The highest BCUT2D eigenvalue weighted by Crippen LogP contribution is 2.29. The van der Waals surface area contributed by atoms with Crippen LogP contribution in [0.15, 0.2) is 18.2 Å². The number of anilines is 1. The summed E-state index contributed by atoms with van der Waals surface area (Å²) in [5.41, 5.74) is 7.20. The van der Waals surface area contributed by atoms with E-state index in [4.69, 9.17) is 5.73 Å². The van der Waals surface area contributed by atoms with Crippen LogP contribution in [0.25, 0.3) is 0 Å². The second-order valence-corrected chi connectivity index (χ2v) is 4.15. The third-order valence-corrected chi connectivity index (χ3v) is 2.98. The first kappa shape index (κ1) is 11.1. The van der Waals surface area contributed by atoms with Crippen molar-refractivity contribution in [2.75, 3.05) is 18.0 Å². The summed E-state index contributed by atoms with van der Waals surface area (Å²) in [6.45, 7) is 2.74. The van der Waals surface area contributed by atoms with Crippen LogP contribution in [-0.2, 0) is 11.2 Å². The minimum atomic E-state index is -0.307. The average molecular weight is 222 g/mol. The Morgan fingerprint density at radius 1 is 1.62 bits per heavy atom. The topological polar surface area (TPSA) is 46.3 Å². The standard InChI is InChI=1S/C12H15FN2O/c1-8(7-14)12(16)15-5-4-9-2-3-10(13)6-11(9)15/h2-3,6,8H,4-5,7,14H2,1H3. The third-order valence-electron chi connectivity index (χ3n) is 2.98. The molecule has 0 radical (unpaired) electrons. The molecule has 2 rings (SSSR count). The van der Waals surface area contributed by atoms with E-state index in [-0.39, 0.29) is 17.6 Å². The lowest BCUT2D eigenvalue weighted by Crippen LogP contribution is -2.36. The van der Waals surface area contributed by atoms with Crippen molar-refractivity contribution in [1.29, 1.82) is 0 Å². The van der Waals surface area contributed by atoms with E-state index in [0.717, 1.165) is 12.0 Å². The van der Waals surface area contributed by atoms with E-state index in [9.17, 15) is 9.18 Å². The van der Waals surface area contributed by atoms with Crippen molar-refractivity contribution in [1.82, 2.24) is 0 Å². The van der Waals surface area contributed by atoms with Gasteiger partial charge in [0.25, 0.3) is 0 Å². The van der Waals surface area contributed by atoms with Crippen molar-refractivity contribution in [2.24, 2.45) is 11.7 Å². The fourth-order valence-corrected chi connectivity index (χ4v) is 1.95. The molecule has 0 saturated heterocycles. The van der Waals surface area contributed by atoms with Gasteiger partial charge in [-0.15, -0.1) is 0 Å². The summed E-state index contributed by atoms with van der Waals surface area (Å²) < 4.78 is 13.1. The molecule has 0 spiro atoms. The van der Waals surface area contributed by atoms with Crippen LogP contribution in [0.3, 0.4) is 0 Å². The highest BCUT2D eigenvalue weighted by molar-refractivity contribution is 5.96. The molecule has 1 atom stereocenters. The molecule has 1 aliphatic heterocycles. The number of nitrogens with two attached hydrogens (primary N) is 1. The Hall–Kier alpha value is -1.42. The fraction of sp³-hybridized carbons (Fsp3) is 0.417. The predicted molar refractivity (Wildman–Crippen MR) is 60.7 cm³/mol. The van der Waals surface area contributed by atoms with Gasteiger partial charge in [-0.2, -0.15) is 0 Å². The second kappa shape index (κ2) is 4.22. The Bertz CT molecular complexity index is 419. The van der Waals surface area contributed by atoms with Crippen LogP contribution in [-0.4, -0.2) is 19.0 Å². The smallest absolute Gasteiger partial charge is 0.231 e. The van der Waals surface area contributed by atoms with E-state index in [2.05, 4.69) is 0 Å². The van der Waals surface area contributed by atoms with Gasteiger partial charge in [0, 0.05) is 24.7 Å². The summed E-state index contributed by atoms with van der Waals surface area (Å²) in [6.07, 6.45) is 0.790. The van der Waals surface area contributed by atoms with Gasteiger partial charge < -0.3 is 10.6 Å². The molecule has 86 valence electrons. The molecule has 1 amide bonds. The van der Waals surface area contributed by atoms with Gasteiger partial charge in [-0.05, 0) is 24.1 Å². The SMILES string of the molecule is CC(CN)C(=O)N1CCc2ccc(F)cc21. The number of hydrogen-bond donors (Lipinski definition) is 1. The van der Waals surface area contributed by atoms with Gasteiger partial charge >= 0.3 is 0 Å². The van der Waals surface area contributed by atoms with Crippen molar-refractivity contribution in [3.05, 3.63) is 29.6 Å². The maximum atomic E-state index is 13.1. The lowest BCUT2D eigenvalue weighted by Gasteiger charge is -2.20. The fourth-order valence-electron chi connectivity index (χ4n) is 1.95. The zero-order valence-electron chi connectivity index (χ0n) is 9.24. The van der Waals surface area contributed by atoms with Gasteiger partial charge in [-0.1, -0.05) is 13.0 Å². The van der Waals surface area contributed by atoms with E-state index >= 15 is 0 Å². The van der Waals surface area contributed by atoms with Gasteiger partial charge in [0.05, 0.1) is 0 Å². The molecule has 3 nitrogen and oxygen atoms in total. The van der Waals surface area contributed by atoms with Crippen molar-refractivity contribution in [3.8, 4) is 0 Å². The number of rotatable bonds is 2. The monoisotopic (exact) mass is 222 g/mol. The number of nitrogens with zero attached hydrogens (tertiary/aromatic N) is 1. The Morgan fingerprint density at radius 2 is 2.38 bits per heavy atom. The average Bonchev–Trinajstić information content (AvgIpc) is 2.69. The number of halogens is 1. The van der Waals surface area contributed by atoms with Gasteiger partial charge in [-0.3, -0.25) is 4.79 Å². The second-order valence-electron chi connectivity index (χ2n) is 4.15. The summed E-state index contributed by atoms with van der Waals surface area (Å²) in [7, 11) is 0. The van der Waals surface area contributed by atoms with Crippen molar-refractivity contribution >= 4 is 11.6 Å². The third kappa shape index (κ3) is 1.80. The summed E-state index contributed by atoms with van der Waals surface area (Å²) >= 11 is 0. The van der Waals surface area contributed by atoms with E-state index in [1.165, 1.54) is 12.1 Å². The van der Waals surface area contributed by atoms with Crippen LogP contribution in [0, 0.1) is 11.7 Å². The van der Waals surface area contributed by atoms with E-state index in [1.54, 1.807) is 17.9 Å². The lowest BCUT2D eigenvalue weighted by molar-refractivity contribution is -0.121. The van der Waals surface area contributed by atoms with Gasteiger partial charge in [-0.25, -0.2) is 4.39 Å². The summed E-state index contributed by atoms with van der Waals surface area (Å²) in [5.74, 6) is -0.542. The molecule has 0 aromatic heterocycles. The molecule has 1 unspecified atom stereocenters. The van der Waals surface area contributed by atoms with Gasteiger partial charge in [0.1, 0.15) is 5.82 Å². The van der Waals surface area contributed by atoms with Crippen LogP contribution in [0.4, 0.5) is 10.1 Å². The van der Waals surface area contributed by atoms with Crippen LogP contribution < -0.4 is 10.6 Å². The first-order valence-electron chi connectivity index (χ1n) is 5.43. The zero-order valence-corrected chi connectivity index (χ0v) is 9.24. The Labute approximate surface area is 94.0 Å². The van der Waals surface area contributed by atoms with E-state index in [0.29, 0.717) is 18.8 Å². The lowest BCUT2D eigenvalue weighted by atomic mass is 10.1. The molecule has 2 N–H and O–H groups in total. The molecule has 0 aliphatic carbocycles. The van der Waals surface area contributed by atoms with Crippen molar-refractivity contribution < 1.29 is 9.18 Å². The molecule has 1 heterocycles. The molecule has 0 fully saturated rings. The molecular formula is C12H15FN2O. The normalized spacial score (nSPS) is 16.1. The largest absolute Gasteiger partial charge is 0.330 e. The maximum absolute atomic E-state index is 13.1. The maximum Gasteiger partial charge on any atom is 0.231 e. The van der Waals surface area contributed by atoms with E-state index in [1.807, 2.05) is 0 Å². The Balaban J connectivity index is 2.29. The molecular weight excluding hydrogens is 207 g/mol. The molecule has 1 aromatic rings. The first-order valence-corrected chi connectivity index (χ1v) is 5.43. The number of amides is 1. The van der Waals surface area contributed by atoms with Gasteiger partial charge in [0.2, 0.25) is 5.91 Å². The minimum absolute atomic E-state index is 0.0214. The molecule has 1 aliphatic rings. The Morgan fingerprint density at radius 3 is 3.06 bits per heavy atom. The first-order chi connectivity index (χ1) is 7.63. The van der Waals surface area contributed by atoms with Crippen molar-refractivity contribution in [3.63, 3.8) is 0 Å². The number of fused-ring (bicyclic) bond motifs is 1. The highest BCUT2D eigenvalue weighted by atomic mass is 19.1. The number of hydrogen-bond acceptors (Lipinski definition) is 2. The van der Waals surface area contributed by atoms with Crippen LogP contribution >= 0.6 is 0 Å². The van der Waals surface area contributed by atoms with Crippen LogP contribution in [0.5, 0.6) is 0 Å². The summed E-state index contributed by atoms with van der Waals surface area (Å²) in [6, 6.07) is 4.59. The zero-order chi connectivity index (χ0) is 11.7. The summed E-state index contributed by atoms with van der Waals surface area (Å²) in [5, 5.41) is 0. The molecule has 16 heavy (non-hydrogen) atoms. The Kier molecular flexibility index (Phi) is 2.92. The highest BCUT2D eigenvalue weighted by Gasteiger charge is 2.27.